The molecule has 0 spiro atoms. The Hall–Kier alpha value is -2.16. The van der Waals surface area contributed by atoms with Crippen molar-refractivity contribution >= 4 is 0 Å². The van der Waals surface area contributed by atoms with Gasteiger partial charge >= 0.3 is 0 Å². The quantitative estimate of drug-likeness (QED) is 0.877. The number of aryl methyl sites for hydroxylation is 1. The van der Waals surface area contributed by atoms with Crippen molar-refractivity contribution in [2.24, 2.45) is 0 Å². The van der Waals surface area contributed by atoms with E-state index in [0.29, 0.717) is 11.5 Å². The van der Waals surface area contributed by atoms with Crippen molar-refractivity contribution in [3.8, 4) is 23.0 Å². The lowest BCUT2D eigenvalue weighted by atomic mass is 10.2. The Bertz CT molecular complexity index is 503. The fourth-order valence-electron chi connectivity index (χ4n) is 1.48. The Labute approximate surface area is 100 Å². The molecule has 0 radical (unpaired) electrons. The number of phenols is 1. The Kier molecular flexibility index (Phi) is 3.19. The number of aromatic hydroxyl groups is 1. The minimum atomic E-state index is 0.0668. The van der Waals surface area contributed by atoms with Crippen molar-refractivity contribution < 1.29 is 14.6 Å². The third-order valence-corrected chi connectivity index (χ3v) is 2.41. The van der Waals surface area contributed by atoms with Gasteiger partial charge in [-0.2, -0.15) is 0 Å². The Balaban J connectivity index is 2.19. The zero-order valence-corrected chi connectivity index (χ0v) is 9.81. The number of methoxy groups -OCH3 is 1. The van der Waals surface area contributed by atoms with Crippen molar-refractivity contribution in [2.75, 3.05) is 7.11 Å². The molecule has 0 saturated heterocycles. The molecule has 0 heterocycles. The molecule has 3 nitrogen and oxygen atoms in total. The molecule has 2 aromatic carbocycles. The topological polar surface area (TPSA) is 38.7 Å². The molecule has 0 aliphatic rings. The van der Waals surface area contributed by atoms with E-state index in [0.717, 1.165) is 5.75 Å². The molecule has 3 heteroatoms. The summed E-state index contributed by atoms with van der Waals surface area (Å²) in [5, 5.41) is 9.61. The molecule has 0 aromatic heterocycles. The molecule has 1 N–H and O–H groups in total. The fourth-order valence-corrected chi connectivity index (χ4v) is 1.48. The standard InChI is InChI=1S/C14H14O3/c1-10-3-5-11(6-4-10)17-12-7-8-14(16-2)13(15)9-12/h3-9,15H,1-2H3. The molecule has 0 saturated carbocycles. The highest BCUT2D eigenvalue weighted by molar-refractivity contribution is 5.45. The van der Waals surface area contributed by atoms with Crippen LogP contribution in [-0.4, -0.2) is 12.2 Å². The minimum absolute atomic E-state index is 0.0668. The third-order valence-electron chi connectivity index (χ3n) is 2.41. The second-order valence-corrected chi connectivity index (χ2v) is 3.75. The monoisotopic (exact) mass is 230 g/mol. The van der Waals surface area contributed by atoms with Crippen LogP contribution in [0.5, 0.6) is 23.0 Å². The molecular weight excluding hydrogens is 216 g/mol. The van der Waals surface area contributed by atoms with E-state index >= 15 is 0 Å². The summed E-state index contributed by atoms with van der Waals surface area (Å²) in [6.45, 7) is 2.02. The maximum atomic E-state index is 9.61. The zero-order chi connectivity index (χ0) is 12.3. The van der Waals surface area contributed by atoms with Gasteiger partial charge < -0.3 is 14.6 Å². The molecule has 0 unspecified atom stereocenters. The van der Waals surface area contributed by atoms with E-state index < -0.39 is 0 Å². The number of hydrogen-bond donors (Lipinski definition) is 1. The van der Waals surface area contributed by atoms with Crippen LogP contribution in [0.1, 0.15) is 5.56 Å². The Morgan fingerprint density at radius 1 is 0.941 bits per heavy atom. The van der Waals surface area contributed by atoms with E-state index in [-0.39, 0.29) is 5.75 Å². The van der Waals surface area contributed by atoms with Crippen LogP contribution >= 0.6 is 0 Å². The summed E-state index contributed by atoms with van der Waals surface area (Å²) in [6.07, 6.45) is 0. The Morgan fingerprint density at radius 3 is 2.18 bits per heavy atom. The lowest BCUT2D eigenvalue weighted by Crippen LogP contribution is -1.87. The molecule has 0 aliphatic heterocycles. The number of benzene rings is 2. The Morgan fingerprint density at radius 2 is 1.59 bits per heavy atom. The molecule has 17 heavy (non-hydrogen) atoms. The van der Waals surface area contributed by atoms with Gasteiger partial charge in [0.15, 0.2) is 11.5 Å². The highest BCUT2D eigenvalue weighted by Gasteiger charge is 2.03. The van der Waals surface area contributed by atoms with E-state index in [2.05, 4.69) is 0 Å². The van der Waals surface area contributed by atoms with Gasteiger partial charge in [-0.3, -0.25) is 0 Å². The van der Waals surface area contributed by atoms with Crippen molar-refractivity contribution in [1.29, 1.82) is 0 Å². The summed E-state index contributed by atoms with van der Waals surface area (Å²) in [7, 11) is 1.51. The molecule has 0 amide bonds. The van der Waals surface area contributed by atoms with Gasteiger partial charge in [0.05, 0.1) is 7.11 Å². The highest BCUT2D eigenvalue weighted by Crippen LogP contribution is 2.32. The van der Waals surface area contributed by atoms with Gasteiger partial charge in [-0.05, 0) is 31.2 Å². The molecule has 0 atom stereocenters. The molecule has 2 rings (SSSR count). The van der Waals surface area contributed by atoms with Gasteiger partial charge in [-0.1, -0.05) is 17.7 Å². The van der Waals surface area contributed by atoms with Crippen LogP contribution < -0.4 is 9.47 Å². The van der Waals surface area contributed by atoms with E-state index in [4.69, 9.17) is 9.47 Å². The van der Waals surface area contributed by atoms with Gasteiger partial charge in [0.25, 0.3) is 0 Å². The van der Waals surface area contributed by atoms with Crippen LogP contribution in [0.3, 0.4) is 0 Å². The third kappa shape index (κ3) is 2.69. The summed E-state index contributed by atoms with van der Waals surface area (Å²) in [5.74, 6) is 1.81. The van der Waals surface area contributed by atoms with E-state index in [1.165, 1.54) is 18.7 Å². The number of phenolic OH excluding ortho intramolecular Hbond substituents is 1. The van der Waals surface area contributed by atoms with Crippen LogP contribution in [-0.2, 0) is 0 Å². The smallest absolute Gasteiger partial charge is 0.161 e. The van der Waals surface area contributed by atoms with Gasteiger partial charge in [0.1, 0.15) is 11.5 Å². The first kappa shape index (κ1) is 11.3. The average Bonchev–Trinajstić information content (AvgIpc) is 2.32. The molecular formula is C14H14O3. The molecule has 2 aromatic rings. The summed E-state index contributed by atoms with van der Waals surface area (Å²) in [4.78, 5) is 0. The zero-order valence-electron chi connectivity index (χ0n) is 9.81. The van der Waals surface area contributed by atoms with Gasteiger partial charge in [-0.15, -0.1) is 0 Å². The van der Waals surface area contributed by atoms with E-state index in [1.54, 1.807) is 12.1 Å². The maximum Gasteiger partial charge on any atom is 0.161 e. The first-order valence-corrected chi connectivity index (χ1v) is 5.30. The van der Waals surface area contributed by atoms with E-state index in [1.807, 2.05) is 31.2 Å². The van der Waals surface area contributed by atoms with Crippen LogP contribution in [0.15, 0.2) is 42.5 Å². The summed E-state index contributed by atoms with van der Waals surface area (Å²) >= 11 is 0. The minimum Gasteiger partial charge on any atom is -0.504 e. The van der Waals surface area contributed by atoms with Gasteiger partial charge in [-0.25, -0.2) is 0 Å². The molecule has 0 bridgehead atoms. The molecule has 0 fully saturated rings. The fraction of sp³-hybridized carbons (Fsp3) is 0.143. The summed E-state index contributed by atoms with van der Waals surface area (Å²) in [6, 6.07) is 12.7. The second-order valence-electron chi connectivity index (χ2n) is 3.75. The lowest BCUT2D eigenvalue weighted by molar-refractivity contribution is 0.370. The summed E-state index contributed by atoms with van der Waals surface area (Å²) < 4.78 is 10.6. The van der Waals surface area contributed by atoms with Crippen LogP contribution in [0, 0.1) is 6.92 Å². The van der Waals surface area contributed by atoms with Crippen molar-refractivity contribution in [2.45, 2.75) is 6.92 Å². The summed E-state index contributed by atoms with van der Waals surface area (Å²) in [5.41, 5.74) is 1.18. The average molecular weight is 230 g/mol. The van der Waals surface area contributed by atoms with Crippen molar-refractivity contribution in [3.05, 3.63) is 48.0 Å². The van der Waals surface area contributed by atoms with Crippen molar-refractivity contribution in [1.82, 2.24) is 0 Å². The normalized spacial score (nSPS) is 10.0. The number of ether oxygens (including phenoxy) is 2. The first-order valence-electron chi connectivity index (χ1n) is 5.30. The predicted octanol–water partition coefficient (Wildman–Crippen LogP) is 3.50. The van der Waals surface area contributed by atoms with Gasteiger partial charge in [0, 0.05) is 6.07 Å². The van der Waals surface area contributed by atoms with Crippen molar-refractivity contribution in [3.63, 3.8) is 0 Å². The second kappa shape index (κ2) is 4.78. The highest BCUT2D eigenvalue weighted by atomic mass is 16.5. The number of hydrogen-bond acceptors (Lipinski definition) is 3. The lowest BCUT2D eigenvalue weighted by Gasteiger charge is -2.08. The van der Waals surface area contributed by atoms with Gasteiger partial charge in [0.2, 0.25) is 0 Å². The SMILES string of the molecule is COc1ccc(Oc2ccc(C)cc2)cc1O. The number of rotatable bonds is 3. The van der Waals surface area contributed by atoms with Crippen LogP contribution in [0.4, 0.5) is 0 Å². The largest absolute Gasteiger partial charge is 0.504 e. The predicted molar refractivity (Wildman–Crippen MR) is 65.9 cm³/mol. The molecule has 88 valence electrons. The first-order chi connectivity index (χ1) is 8.19. The van der Waals surface area contributed by atoms with Crippen LogP contribution in [0.2, 0.25) is 0 Å². The molecule has 0 aliphatic carbocycles. The maximum absolute atomic E-state index is 9.61. The van der Waals surface area contributed by atoms with Crippen LogP contribution in [0.25, 0.3) is 0 Å². The van der Waals surface area contributed by atoms with E-state index in [9.17, 15) is 5.11 Å².